The van der Waals surface area contributed by atoms with Crippen molar-refractivity contribution < 1.29 is 9.53 Å². The lowest BCUT2D eigenvalue weighted by Crippen LogP contribution is -2.47. The highest BCUT2D eigenvalue weighted by Gasteiger charge is 2.28. The molecule has 20 heavy (non-hydrogen) atoms. The van der Waals surface area contributed by atoms with Gasteiger partial charge in [-0.3, -0.25) is 4.79 Å². The minimum atomic E-state index is -0.422. The number of nitrogens with zero attached hydrogens (tertiary/aromatic N) is 2. The Bertz CT molecular complexity index is 443. The Morgan fingerprint density at radius 2 is 2.30 bits per heavy atom. The van der Waals surface area contributed by atoms with E-state index in [9.17, 15) is 4.79 Å². The minimum Gasteiger partial charge on any atom is -0.381 e. The van der Waals surface area contributed by atoms with E-state index in [4.69, 9.17) is 10.5 Å². The molecule has 2 heterocycles. The van der Waals surface area contributed by atoms with Crippen molar-refractivity contribution in [2.75, 3.05) is 20.3 Å². The first-order valence-electron chi connectivity index (χ1n) is 7.13. The monoisotopic (exact) mass is 297 g/mol. The van der Waals surface area contributed by atoms with Crippen LogP contribution < -0.4 is 5.73 Å². The molecule has 0 aliphatic carbocycles. The first kappa shape index (κ1) is 15.4. The molecule has 2 rings (SSSR count). The number of aromatic nitrogens is 1. The van der Waals surface area contributed by atoms with Crippen LogP contribution in [0.15, 0.2) is 6.20 Å². The standard InChI is InChI=1S/C14H23N3O2S/c1-3-11-8-16-12(20-11)9-17(2)14(18)13(15)10-4-6-19-7-5-10/h8,10,13H,3-7,9,15H2,1-2H3. The molecule has 112 valence electrons. The molecule has 5 nitrogen and oxygen atoms in total. The summed E-state index contributed by atoms with van der Waals surface area (Å²) in [5.74, 6) is 0.242. The van der Waals surface area contributed by atoms with Crippen molar-refractivity contribution in [3.63, 3.8) is 0 Å². The molecule has 1 atom stereocenters. The van der Waals surface area contributed by atoms with E-state index in [0.717, 1.165) is 24.3 Å². The summed E-state index contributed by atoms with van der Waals surface area (Å²) in [5, 5.41) is 0.969. The number of nitrogens with two attached hydrogens (primary N) is 1. The van der Waals surface area contributed by atoms with Gasteiger partial charge in [0.05, 0.1) is 12.6 Å². The van der Waals surface area contributed by atoms with Gasteiger partial charge in [-0.15, -0.1) is 11.3 Å². The molecular formula is C14H23N3O2S. The molecule has 0 radical (unpaired) electrons. The number of hydrogen-bond acceptors (Lipinski definition) is 5. The number of ether oxygens (including phenoxy) is 1. The highest BCUT2D eigenvalue weighted by molar-refractivity contribution is 7.11. The predicted octanol–water partition coefficient (Wildman–Crippen LogP) is 1.42. The molecule has 1 unspecified atom stereocenters. The highest BCUT2D eigenvalue weighted by Crippen LogP contribution is 2.20. The van der Waals surface area contributed by atoms with Crippen LogP contribution in [0.5, 0.6) is 0 Å². The first-order valence-corrected chi connectivity index (χ1v) is 7.95. The average molecular weight is 297 g/mol. The van der Waals surface area contributed by atoms with E-state index in [-0.39, 0.29) is 11.8 Å². The summed E-state index contributed by atoms with van der Waals surface area (Å²) in [7, 11) is 1.80. The minimum absolute atomic E-state index is 0.00477. The second-order valence-electron chi connectivity index (χ2n) is 5.24. The van der Waals surface area contributed by atoms with Crippen LogP contribution in [-0.2, 0) is 22.5 Å². The van der Waals surface area contributed by atoms with Crippen molar-refractivity contribution in [2.24, 2.45) is 11.7 Å². The maximum absolute atomic E-state index is 12.4. The lowest BCUT2D eigenvalue weighted by atomic mass is 9.91. The van der Waals surface area contributed by atoms with Gasteiger partial charge < -0.3 is 15.4 Å². The van der Waals surface area contributed by atoms with Crippen LogP contribution in [-0.4, -0.2) is 42.1 Å². The van der Waals surface area contributed by atoms with Gasteiger partial charge in [0.15, 0.2) is 0 Å². The maximum Gasteiger partial charge on any atom is 0.239 e. The molecule has 1 aliphatic heterocycles. The number of rotatable bonds is 5. The normalized spacial score (nSPS) is 17.9. The molecule has 2 N–H and O–H groups in total. The largest absolute Gasteiger partial charge is 0.381 e. The van der Waals surface area contributed by atoms with Crippen LogP contribution in [0.2, 0.25) is 0 Å². The van der Waals surface area contributed by atoms with Gasteiger partial charge in [0.25, 0.3) is 0 Å². The summed E-state index contributed by atoms with van der Waals surface area (Å²) in [5.41, 5.74) is 6.11. The molecule has 1 aromatic rings. The quantitative estimate of drug-likeness (QED) is 0.892. The van der Waals surface area contributed by atoms with E-state index >= 15 is 0 Å². The maximum atomic E-state index is 12.4. The second kappa shape index (κ2) is 7.15. The van der Waals surface area contributed by atoms with E-state index in [0.29, 0.717) is 19.8 Å². The van der Waals surface area contributed by atoms with Crippen LogP contribution in [0.4, 0.5) is 0 Å². The summed E-state index contributed by atoms with van der Waals surface area (Å²) in [6, 6.07) is -0.422. The molecule has 1 amide bonds. The van der Waals surface area contributed by atoms with Gasteiger partial charge in [-0.1, -0.05) is 6.92 Å². The van der Waals surface area contributed by atoms with Gasteiger partial charge in [0, 0.05) is 31.3 Å². The first-order chi connectivity index (χ1) is 9.61. The van der Waals surface area contributed by atoms with Crippen LogP contribution in [0, 0.1) is 5.92 Å². The van der Waals surface area contributed by atoms with Crippen LogP contribution in [0.1, 0.15) is 29.7 Å². The number of amides is 1. The van der Waals surface area contributed by atoms with Gasteiger partial charge in [0.1, 0.15) is 5.01 Å². The van der Waals surface area contributed by atoms with E-state index in [1.807, 2.05) is 6.20 Å². The predicted molar refractivity (Wildman–Crippen MR) is 79.5 cm³/mol. The van der Waals surface area contributed by atoms with Gasteiger partial charge >= 0.3 is 0 Å². The van der Waals surface area contributed by atoms with Crippen molar-refractivity contribution in [1.82, 2.24) is 9.88 Å². The Kier molecular flexibility index (Phi) is 5.51. The van der Waals surface area contributed by atoms with Gasteiger partial charge in [0.2, 0.25) is 5.91 Å². The van der Waals surface area contributed by atoms with E-state index < -0.39 is 6.04 Å². The average Bonchev–Trinajstić information content (AvgIpc) is 2.94. The molecule has 0 saturated carbocycles. The van der Waals surface area contributed by atoms with Gasteiger partial charge in [-0.05, 0) is 25.2 Å². The number of hydrogen-bond donors (Lipinski definition) is 1. The zero-order valence-electron chi connectivity index (χ0n) is 12.2. The lowest BCUT2D eigenvalue weighted by Gasteiger charge is -2.29. The van der Waals surface area contributed by atoms with Gasteiger partial charge in [-0.2, -0.15) is 0 Å². The number of thiazole rings is 1. The number of carbonyl (C=O) groups is 1. The van der Waals surface area contributed by atoms with Crippen molar-refractivity contribution in [2.45, 2.75) is 38.8 Å². The Labute approximate surface area is 124 Å². The number of likely N-dealkylation sites (N-methyl/N-ethyl adjacent to an activating group) is 1. The molecule has 0 aromatic carbocycles. The fourth-order valence-corrected chi connectivity index (χ4v) is 3.31. The SMILES string of the molecule is CCc1cnc(CN(C)C(=O)C(N)C2CCOCC2)s1. The van der Waals surface area contributed by atoms with Gasteiger partial charge in [-0.25, -0.2) is 4.98 Å². The Morgan fingerprint density at radius 3 is 2.90 bits per heavy atom. The summed E-state index contributed by atoms with van der Waals surface area (Å²) in [6.07, 6.45) is 4.61. The molecule has 0 spiro atoms. The van der Waals surface area contributed by atoms with Crippen LogP contribution in [0.3, 0.4) is 0 Å². The Hall–Kier alpha value is -0.980. The van der Waals surface area contributed by atoms with E-state index in [2.05, 4.69) is 11.9 Å². The summed E-state index contributed by atoms with van der Waals surface area (Å²) in [4.78, 5) is 19.6. The summed E-state index contributed by atoms with van der Waals surface area (Å²) >= 11 is 1.66. The zero-order valence-corrected chi connectivity index (χ0v) is 13.0. The third kappa shape index (κ3) is 3.77. The highest BCUT2D eigenvalue weighted by atomic mass is 32.1. The molecule has 6 heteroatoms. The van der Waals surface area contributed by atoms with Crippen molar-refractivity contribution in [3.05, 3.63) is 16.1 Å². The van der Waals surface area contributed by atoms with Crippen molar-refractivity contribution in [1.29, 1.82) is 0 Å². The molecule has 1 aliphatic rings. The zero-order chi connectivity index (χ0) is 14.5. The van der Waals surface area contributed by atoms with Crippen LogP contribution >= 0.6 is 11.3 Å². The third-order valence-electron chi connectivity index (χ3n) is 3.76. The molecule has 1 fully saturated rings. The topological polar surface area (TPSA) is 68.5 Å². The Balaban J connectivity index is 1.90. The van der Waals surface area contributed by atoms with Crippen LogP contribution in [0.25, 0.3) is 0 Å². The number of carbonyl (C=O) groups excluding carboxylic acids is 1. The number of aryl methyl sites for hydroxylation is 1. The van der Waals surface area contributed by atoms with Crippen molar-refractivity contribution >= 4 is 17.2 Å². The molecule has 1 aromatic heterocycles. The third-order valence-corrected chi connectivity index (χ3v) is 4.88. The summed E-state index contributed by atoms with van der Waals surface area (Å²) in [6.45, 7) is 4.07. The molecule has 1 saturated heterocycles. The fourth-order valence-electron chi connectivity index (χ4n) is 2.40. The fraction of sp³-hybridized carbons (Fsp3) is 0.714. The van der Waals surface area contributed by atoms with Crippen molar-refractivity contribution in [3.8, 4) is 0 Å². The van der Waals surface area contributed by atoms with E-state index in [1.165, 1.54) is 4.88 Å². The molecular weight excluding hydrogens is 274 g/mol. The smallest absolute Gasteiger partial charge is 0.239 e. The lowest BCUT2D eigenvalue weighted by molar-refractivity contribution is -0.133. The summed E-state index contributed by atoms with van der Waals surface area (Å²) < 4.78 is 5.31. The Morgan fingerprint density at radius 1 is 1.60 bits per heavy atom. The second-order valence-corrected chi connectivity index (χ2v) is 6.44. The molecule has 0 bridgehead atoms. The van der Waals surface area contributed by atoms with E-state index in [1.54, 1.807) is 23.3 Å².